The number of fused-ring (bicyclic) bond motifs is 1. The number of carbonyl (C=O) groups is 1. The lowest BCUT2D eigenvalue weighted by Gasteiger charge is -2.18. The van der Waals surface area contributed by atoms with Crippen molar-refractivity contribution in [2.75, 3.05) is 18.5 Å². The van der Waals surface area contributed by atoms with Gasteiger partial charge in [0.2, 0.25) is 0 Å². The number of rotatable bonds is 5. The highest BCUT2D eigenvalue weighted by atomic mass is 16.5. The zero-order valence-corrected chi connectivity index (χ0v) is 9.74. The van der Waals surface area contributed by atoms with Crippen LogP contribution in [0.25, 0.3) is 0 Å². The Hall–Kier alpha value is -1.71. The molecule has 0 atom stereocenters. The second-order valence-corrected chi connectivity index (χ2v) is 4.20. The molecule has 0 unspecified atom stereocenters. The van der Waals surface area contributed by atoms with Crippen LogP contribution in [0, 0.1) is 0 Å². The Morgan fingerprint density at radius 3 is 3.18 bits per heavy atom. The molecule has 0 bridgehead atoms. The second kappa shape index (κ2) is 5.57. The molecule has 0 spiro atoms. The van der Waals surface area contributed by atoms with E-state index < -0.39 is 5.97 Å². The normalized spacial score (nSPS) is 13.6. The van der Waals surface area contributed by atoms with Gasteiger partial charge >= 0.3 is 5.97 Å². The third-order valence-electron chi connectivity index (χ3n) is 2.81. The van der Waals surface area contributed by atoms with Crippen molar-refractivity contribution in [3.05, 3.63) is 23.8 Å². The Morgan fingerprint density at radius 2 is 2.35 bits per heavy atom. The molecule has 4 heteroatoms. The summed E-state index contributed by atoms with van der Waals surface area (Å²) in [5.41, 5.74) is 2.28. The Labute approximate surface area is 101 Å². The van der Waals surface area contributed by atoms with Crippen LogP contribution in [0.2, 0.25) is 0 Å². The van der Waals surface area contributed by atoms with Gasteiger partial charge in [-0.1, -0.05) is 0 Å². The summed E-state index contributed by atoms with van der Waals surface area (Å²) in [6.07, 6.45) is 2.97. The van der Waals surface area contributed by atoms with E-state index in [9.17, 15) is 4.79 Å². The van der Waals surface area contributed by atoms with Gasteiger partial charge in [-0.3, -0.25) is 4.79 Å². The molecule has 0 amide bonds. The molecule has 4 nitrogen and oxygen atoms in total. The van der Waals surface area contributed by atoms with Crippen molar-refractivity contribution in [1.82, 2.24) is 0 Å². The summed E-state index contributed by atoms with van der Waals surface area (Å²) in [6.45, 7) is 1.49. The van der Waals surface area contributed by atoms with Crippen LogP contribution < -0.4 is 10.1 Å². The van der Waals surface area contributed by atoms with Crippen molar-refractivity contribution in [3.63, 3.8) is 0 Å². The minimum atomic E-state index is -0.745. The van der Waals surface area contributed by atoms with E-state index in [1.807, 2.05) is 12.1 Å². The molecular formula is C13H17NO3. The molecule has 0 saturated heterocycles. The molecule has 1 aliphatic rings. The first-order valence-corrected chi connectivity index (χ1v) is 5.97. The Bertz CT molecular complexity index is 404. The first-order valence-electron chi connectivity index (χ1n) is 5.97. The Balaban J connectivity index is 1.86. The fourth-order valence-electron chi connectivity index (χ4n) is 1.94. The van der Waals surface area contributed by atoms with Crippen LogP contribution in [-0.4, -0.2) is 24.2 Å². The molecule has 2 N–H and O–H groups in total. The first-order chi connectivity index (χ1) is 8.25. The molecule has 1 heterocycles. The van der Waals surface area contributed by atoms with Crippen LogP contribution in [0.5, 0.6) is 5.75 Å². The van der Waals surface area contributed by atoms with Crippen LogP contribution in [0.4, 0.5) is 5.69 Å². The number of ether oxygens (including phenoxy) is 1. The molecule has 0 saturated carbocycles. The summed E-state index contributed by atoms with van der Waals surface area (Å²) < 4.78 is 5.53. The van der Waals surface area contributed by atoms with Gasteiger partial charge in [0.05, 0.1) is 6.61 Å². The molecule has 92 valence electrons. The Kier molecular flexibility index (Phi) is 3.85. The molecule has 1 aromatic rings. The molecule has 1 aliphatic heterocycles. The van der Waals surface area contributed by atoms with E-state index in [4.69, 9.17) is 9.84 Å². The molecular weight excluding hydrogens is 218 g/mol. The molecule has 0 radical (unpaired) electrons. The lowest BCUT2D eigenvalue weighted by Crippen LogP contribution is -2.09. The largest absolute Gasteiger partial charge is 0.493 e. The van der Waals surface area contributed by atoms with Crippen molar-refractivity contribution < 1.29 is 14.6 Å². The van der Waals surface area contributed by atoms with Crippen molar-refractivity contribution >= 4 is 11.7 Å². The van der Waals surface area contributed by atoms with Gasteiger partial charge in [-0.25, -0.2) is 0 Å². The molecule has 0 aliphatic carbocycles. The van der Waals surface area contributed by atoms with E-state index >= 15 is 0 Å². The summed E-state index contributed by atoms with van der Waals surface area (Å²) >= 11 is 0. The monoisotopic (exact) mass is 235 g/mol. The van der Waals surface area contributed by atoms with Crippen LogP contribution in [0.3, 0.4) is 0 Å². The van der Waals surface area contributed by atoms with E-state index in [0.717, 1.165) is 30.9 Å². The summed E-state index contributed by atoms with van der Waals surface area (Å²) in [5, 5.41) is 11.8. The van der Waals surface area contributed by atoms with E-state index in [1.165, 1.54) is 5.56 Å². The van der Waals surface area contributed by atoms with Gasteiger partial charge < -0.3 is 15.2 Å². The fraction of sp³-hybridized carbons (Fsp3) is 0.462. The predicted molar refractivity (Wildman–Crippen MR) is 65.6 cm³/mol. The SMILES string of the molecule is O=C(O)CCCNc1ccc2c(c1)CCCO2. The minimum Gasteiger partial charge on any atom is -0.493 e. The van der Waals surface area contributed by atoms with Crippen molar-refractivity contribution in [1.29, 1.82) is 0 Å². The number of hydrogen-bond acceptors (Lipinski definition) is 3. The van der Waals surface area contributed by atoms with E-state index in [1.54, 1.807) is 0 Å². The summed E-state index contributed by atoms with van der Waals surface area (Å²) in [5.74, 6) is 0.234. The van der Waals surface area contributed by atoms with Gasteiger partial charge in [-0.2, -0.15) is 0 Å². The summed E-state index contributed by atoms with van der Waals surface area (Å²) in [4.78, 5) is 10.4. The third-order valence-corrected chi connectivity index (χ3v) is 2.81. The lowest BCUT2D eigenvalue weighted by atomic mass is 10.1. The van der Waals surface area contributed by atoms with Crippen LogP contribution in [0.15, 0.2) is 18.2 Å². The Morgan fingerprint density at radius 1 is 1.47 bits per heavy atom. The molecule has 0 aromatic heterocycles. The number of anilines is 1. The van der Waals surface area contributed by atoms with Gasteiger partial charge in [0.25, 0.3) is 0 Å². The maximum Gasteiger partial charge on any atom is 0.303 e. The van der Waals surface area contributed by atoms with Crippen molar-refractivity contribution in [2.24, 2.45) is 0 Å². The molecule has 17 heavy (non-hydrogen) atoms. The van der Waals surface area contributed by atoms with Gasteiger partial charge in [0, 0.05) is 18.7 Å². The minimum absolute atomic E-state index is 0.209. The topological polar surface area (TPSA) is 58.6 Å². The van der Waals surface area contributed by atoms with E-state index in [-0.39, 0.29) is 6.42 Å². The summed E-state index contributed by atoms with van der Waals surface area (Å²) in [7, 11) is 0. The van der Waals surface area contributed by atoms with E-state index in [0.29, 0.717) is 13.0 Å². The number of carboxylic acids is 1. The average Bonchev–Trinajstić information content (AvgIpc) is 2.34. The quantitative estimate of drug-likeness (QED) is 0.769. The number of hydrogen-bond donors (Lipinski definition) is 2. The maximum absolute atomic E-state index is 10.4. The molecule has 1 aromatic carbocycles. The molecule has 0 fully saturated rings. The van der Waals surface area contributed by atoms with Crippen LogP contribution in [0.1, 0.15) is 24.8 Å². The number of aliphatic carboxylic acids is 1. The zero-order chi connectivity index (χ0) is 12.1. The predicted octanol–water partition coefficient (Wildman–Crippen LogP) is 2.29. The highest BCUT2D eigenvalue weighted by Crippen LogP contribution is 2.27. The van der Waals surface area contributed by atoms with Gasteiger partial charge in [-0.05, 0) is 43.0 Å². The van der Waals surface area contributed by atoms with E-state index in [2.05, 4.69) is 11.4 Å². The number of nitrogens with one attached hydrogen (secondary N) is 1. The highest BCUT2D eigenvalue weighted by Gasteiger charge is 2.10. The van der Waals surface area contributed by atoms with Gasteiger partial charge in [0.1, 0.15) is 5.75 Å². The molecule has 2 rings (SSSR count). The number of benzene rings is 1. The van der Waals surface area contributed by atoms with Gasteiger partial charge in [-0.15, -0.1) is 0 Å². The average molecular weight is 235 g/mol. The standard InChI is InChI=1S/C13H17NO3/c15-13(16)4-1-7-14-11-5-6-12-10(9-11)3-2-8-17-12/h5-6,9,14H,1-4,7-8H2,(H,15,16). The van der Waals surface area contributed by atoms with Crippen LogP contribution >= 0.6 is 0 Å². The van der Waals surface area contributed by atoms with Crippen LogP contribution in [-0.2, 0) is 11.2 Å². The highest BCUT2D eigenvalue weighted by molar-refractivity contribution is 5.66. The summed E-state index contributed by atoms with van der Waals surface area (Å²) in [6, 6.07) is 6.05. The van der Waals surface area contributed by atoms with Gasteiger partial charge in [0.15, 0.2) is 0 Å². The first kappa shape index (κ1) is 11.8. The second-order valence-electron chi connectivity index (χ2n) is 4.20. The third kappa shape index (κ3) is 3.37. The zero-order valence-electron chi connectivity index (χ0n) is 9.74. The number of aryl methyl sites for hydroxylation is 1. The number of carboxylic acid groups (broad SMARTS) is 1. The fourth-order valence-corrected chi connectivity index (χ4v) is 1.94. The lowest BCUT2D eigenvalue weighted by molar-refractivity contribution is -0.137. The maximum atomic E-state index is 10.4. The van der Waals surface area contributed by atoms with Crippen molar-refractivity contribution in [3.8, 4) is 5.75 Å². The van der Waals surface area contributed by atoms with Crippen molar-refractivity contribution in [2.45, 2.75) is 25.7 Å². The smallest absolute Gasteiger partial charge is 0.303 e.